The highest BCUT2D eigenvalue weighted by Gasteiger charge is 2.47. The average Bonchev–Trinajstić information content (AvgIpc) is 2.05. The molecule has 60 valence electrons. The maximum Gasteiger partial charge on any atom is 0.127 e. The summed E-state index contributed by atoms with van der Waals surface area (Å²) < 4.78 is 5.65. The van der Waals surface area contributed by atoms with Crippen molar-refractivity contribution in [1.29, 1.82) is 0 Å². The third-order valence-electron chi connectivity index (χ3n) is 1.55. The number of hydrogen-bond acceptors (Lipinski definition) is 2. The van der Waals surface area contributed by atoms with Gasteiger partial charge in [0.25, 0.3) is 0 Å². The number of rotatable bonds is 1. The summed E-state index contributed by atoms with van der Waals surface area (Å²) in [5.74, 6) is 0. The molecule has 1 fully saturated rings. The lowest BCUT2D eigenvalue weighted by molar-refractivity contribution is -0.0251. The molecular weight excluding hydrogens is 126 g/mol. The van der Waals surface area contributed by atoms with Gasteiger partial charge in [0.05, 0.1) is 11.1 Å². The van der Waals surface area contributed by atoms with E-state index >= 15 is 0 Å². The van der Waals surface area contributed by atoms with Crippen molar-refractivity contribution >= 4 is 0 Å². The van der Waals surface area contributed by atoms with E-state index in [1.54, 1.807) is 0 Å². The van der Waals surface area contributed by atoms with Gasteiger partial charge in [-0.3, -0.25) is 5.32 Å². The zero-order chi connectivity index (χ0) is 7.99. The topological polar surface area (TPSA) is 31.2 Å². The van der Waals surface area contributed by atoms with Gasteiger partial charge in [-0.05, 0) is 34.6 Å². The Morgan fingerprint density at radius 2 is 1.70 bits per heavy atom. The lowest BCUT2D eigenvalue weighted by atomic mass is 10.2. The summed E-state index contributed by atoms with van der Waals surface area (Å²) in [6.45, 7) is 10.5. The maximum atomic E-state index is 5.65. The molecule has 2 nitrogen and oxygen atoms in total. The molecule has 0 bridgehead atoms. The van der Waals surface area contributed by atoms with E-state index in [1.165, 1.54) is 0 Å². The second-order valence-electron chi connectivity index (χ2n) is 4.48. The van der Waals surface area contributed by atoms with Crippen LogP contribution in [0.1, 0.15) is 34.6 Å². The Morgan fingerprint density at radius 1 is 1.30 bits per heavy atom. The Morgan fingerprint density at radius 3 is 1.80 bits per heavy atom. The second kappa shape index (κ2) is 1.95. The first-order chi connectivity index (χ1) is 4.31. The second-order valence-corrected chi connectivity index (χ2v) is 4.48. The molecule has 1 saturated heterocycles. The fraction of sp³-hybridized carbons (Fsp3) is 1.00. The molecule has 0 radical (unpaired) electrons. The minimum atomic E-state index is -0.0224. The maximum absolute atomic E-state index is 5.65. The van der Waals surface area contributed by atoms with Crippen LogP contribution in [0.3, 0.4) is 0 Å². The largest absolute Gasteiger partial charge is 0.356 e. The summed E-state index contributed by atoms with van der Waals surface area (Å²) in [7, 11) is 0. The van der Waals surface area contributed by atoms with Crippen LogP contribution >= 0.6 is 0 Å². The van der Waals surface area contributed by atoms with Crippen molar-refractivity contribution < 1.29 is 4.74 Å². The number of nitrogens with one attached hydrogen (secondary N) is 1. The van der Waals surface area contributed by atoms with Gasteiger partial charge < -0.3 is 4.74 Å². The zero-order valence-electron chi connectivity index (χ0n) is 7.49. The van der Waals surface area contributed by atoms with Gasteiger partial charge in [-0.1, -0.05) is 0 Å². The highest BCUT2D eigenvalue weighted by Crippen LogP contribution is 2.29. The first-order valence-corrected chi connectivity index (χ1v) is 3.77. The minimum Gasteiger partial charge on any atom is -0.356 e. The minimum absolute atomic E-state index is 0.0224. The molecule has 1 rings (SSSR count). The van der Waals surface area contributed by atoms with E-state index in [1.807, 2.05) is 0 Å². The zero-order valence-corrected chi connectivity index (χ0v) is 7.49. The Kier molecular flexibility index (Phi) is 1.57. The summed E-state index contributed by atoms with van der Waals surface area (Å²) in [6.07, 6.45) is 0.257. The Labute approximate surface area is 63.0 Å². The lowest BCUT2D eigenvalue weighted by Gasteiger charge is -2.19. The van der Waals surface area contributed by atoms with Crippen LogP contribution in [0, 0.1) is 0 Å². The van der Waals surface area contributed by atoms with Crippen LogP contribution in [0.5, 0.6) is 0 Å². The van der Waals surface area contributed by atoms with E-state index in [0.29, 0.717) is 0 Å². The van der Waals surface area contributed by atoms with Crippen LogP contribution in [0.2, 0.25) is 0 Å². The van der Waals surface area contributed by atoms with E-state index < -0.39 is 0 Å². The molecule has 1 unspecified atom stereocenters. The summed E-state index contributed by atoms with van der Waals surface area (Å²) in [5.41, 5.74) is 0.179. The molecule has 1 atom stereocenters. The predicted molar refractivity (Wildman–Crippen MR) is 41.8 cm³/mol. The molecule has 0 saturated carbocycles. The number of ether oxygens (including phenoxy) is 1. The molecule has 10 heavy (non-hydrogen) atoms. The molecule has 1 aliphatic heterocycles. The highest BCUT2D eigenvalue weighted by atomic mass is 16.5. The molecule has 1 N–H and O–H groups in total. The van der Waals surface area contributed by atoms with Crippen LogP contribution in [-0.2, 0) is 4.74 Å². The van der Waals surface area contributed by atoms with Crippen LogP contribution in [0.15, 0.2) is 0 Å². The fourth-order valence-electron chi connectivity index (χ4n) is 0.827. The van der Waals surface area contributed by atoms with Crippen LogP contribution in [0.4, 0.5) is 0 Å². The molecule has 0 amide bonds. The SMILES string of the molecule is CC(C)(C)OC1NC1(C)C. The standard InChI is InChI=1S/C8H17NO/c1-7(2,3)10-6-8(4,5)9-6/h6,9H,1-5H3. The van der Waals surface area contributed by atoms with Gasteiger partial charge in [0.15, 0.2) is 0 Å². The van der Waals surface area contributed by atoms with Gasteiger partial charge in [-0.2, -0.15) is 0 Å². The molecule has 0 spiro atoms. The molecular formula is C8H17NO. The summed E-state index contributed by atoms with van der Waals surface area (Å²) in [5, 5.41) is 3.24. The van der Waals surface area contributed by atoms with E-state index in [9.17, 15) is 0 Å². The van der Waals surface area contributed by atoms with Gasteiger partial charge in [0.1, 0.15) is 6.23 Å². The Balaban J connectivity index is 2.31. The van der Waals surface area contributed by atoms with Crippen molar-refractivity contribution in [2.75, 3.05) is 0 Å². The normalized spacial score (nSPS) is 30.3. The quantitative estimate of drug-likeness (QED) is 0.564. The fourth-order valence-corrected chi connectivity index (χ4v) is 0.827. The lowest BCUT2D eigenvalue weighted by Crippen LogP contribution is -2.23. The summed E-state index contributed by atoms with van der Waals surface area (Å²) in [6, 6.07) is 0. The highest BCUT2D eigenvalue weighted by molar-refractivity contribution is 5.02. The summed E-state index contributed by atoms with van der Waals surface area (Å²) in [4.78, 5) is 0. The van der Waals surface area contributed by atoms with Crippen molar-refractivity contribution in [1.82, 2.24) is 5.32 Å². The van der Waals surface area contributed by atoms with Gasteiger partial charge in [-0.15, -0.1) is 0 Å². The first-order valence-electron chi connectivity index (χ1n) is 3.77. The molecule has 0 aromatic rings. The van der Waals surface area contributed by atoms with Gasteiger partial charge in [0.2, 0.25) is 0 Å². The molecule has 1 heterocycles. The molecule has 2 heteroatoms. The monoisotopic (exact) mass is 143 g/mol. The average molecular weight is 143 g/mol. The first kappa shape index (κ1) is 8.02. The van der Waals surface area contributed by atoms with E-state index in [2.05, 4.69) is 39.9 Å². The van der Waals surface area contributed by atoms with Crippen molar-refractivity contribution in [2.24, 2.45) is 0 Å². The molecule has 0 aliphatic carbocycles. The molecule has 0 aromatic heterocycles. The Hall–Kier alpha value is -0.0800. The molecule has 1 aliphatic rings. The smallest absolute Gasteiger partial charge is 0.127 e. The van der Waals surface area contributed by atoms with E-state index in [-0.39, 0.29) is 17.4 Å². The third kappa shape index (κ3) is 1.96. The van der Waals surface area contributed by atoms with Crippen LogP contribution in [-0.4, -0.2) is 17.4 Å². The van der Waals surface area contributed by atoms with Crippen molar-refractivity contribution in [2.45, 2.75) is 52.0 Å². The van der Waals surface area contributed by atoms with Crippen LogP contribution < -0.4 is 5.32 Å². The van der Waals surface area contributed by atoms with Gasteiger partial charge >= 0.3 is 0 Å². The predicted octanol–water partition coefficient (Wildman–Crippen LogP) is 1.51. The van der Waals surface area contributed by atoms with E-state index in [4.69, 9.17) is 4.74 Å². The van der Waals surface area contributed by atoms with Crippen molar-refractivity contribution in [3.8, 4) is 0 Å². The summed E-state index contributed by atoms with van der Waals surface area (Å²) >= 11 is 0. The van der Waals surface area contributed by atoms with Gasteiger partial charge in [-0.25, -0.2) is 0 Å². The van der Waals surface area contributed by atoms with Crippen LogP contribution in [0.25, 0.3) is 0 Å². The van der Waals surface area contributed by atoms with Crippen molar-refractivity contribution in [3.05, 3.63) is 0 Å². The Bertz CT molecular complexity index is 135. The third-order valence-corrected chi connectivity index (χ3v) is 1.55. The molecule has 0 aromatic carbocycles. The van der Waals surface area contributed by atoms with Gasteiger partial charge in [0, 0.05) is 0 Å². The van der Waals surface area contributed by atoms with E-state index in [0.717, 1.165) is 0 Å². The number of hydrogen-bond donors (Lipinski definition) is 1. The van der Waals surface area contributed by atoms with Crippen molar-refractivity contribution in [3.63, 3.8) is 0 Å².